The van der Waals surface area contributed by atoms with Crippen molar-refractivity contribution in [3.05, 3.63) is 42.7 Å². The van der Waals surface area contributed by atoms with Gasteiger partial charge < -0.3 is 9.73 Å². The van der Waals surface area contributed by atoms with E-state index in [4.69, 9.17) is 4.42 Å². The standard InChI is InChI=1S/C16H18N4O2S/c1-16(2,14(21)17-11-7-4-3-5-8-11)23-15-18-13(19-20-15)12-9-6-10-22-12/h3-7,9-11H,8H2,1-2H3,(H,17,21)(H,18,19,20). The van der Waals surface area contributed by atoms with Gasteiger partial charge in [-0.3, -0.25) is 9.89 Å². The highest BCUT2D eigenvalue weighted by molar-refractivity contribution is 8.01. The maximum absolute atomic E-state index is 12.5. The van der Waals surface area contributed by atoms with Crippen LogP contribution in [0.1, 0.15) is 20.3 Å². The number of amides is 1. The third kappa shape index (κ3) is 3.73. The van der Waals surface area contributed by atoms with E-state index in [9.17, 15) is 4.79 Å². The van der Waals surface area contributed by atoms with Crippen molar-refractivity contribution in [3.63, 3.8) is 0 Å². The Morgan fingerprint density at radius 2 is 2.35 bits per heavy atom. The van der Waals surface area contributed by atoms with Crippen LogP contribution in [0.15, 0.2) is 52.3 Å². The second-order valence-corrected chi connectivity index (χ2v) is 7.27. The van der Waals surface area contributed by atoms with Crippen LogP contribution in [0.5, 0.6) is 0 Å². The van der Waals surface area contributed by atoms with Crippen LogP contribution in [0.4, 0.5) is 0 Å². The largest absolute Gasteiger partial charge is 0.461 e. The molecule has 120 valence electrons. The van der Waals surface area contributed by atoms with Gasteiger partial charge >= 0.3 is 0 Å². The van der Waals surface area contributed by atoms with E-state index in [1.54, 1.807) is 18.4 Å². The van der Waals surface area contributed by atoms with E-state index in [0.717, 1.165) is 6.42 Å². The number of H-pyrrole nitrogens is 1. The predicted molar refractivity (Wildman–Crippen MR) is 88.8 cm³/mol. The van der Waals surface area contributed by atoms with Gasteiger partial charge in [-0.2, -0.15) is 4.98 Å². The van der Waals surface area contributed by atoms with Crippen LogP contribution in [-0.2, 0) is 4.79 Å². The Kier molecular flexibility index (Phi) is 4.38. The summed E-state index contributed by atoms with van der Waals surface area (Å²) in [6.45, 7) is 3.72. The minimum Gasteiger partial charge on any atom is -0.461 e. The summed E-state index contributed by atoms with van der Waals surface area (Å²) in [5.74, 6) is 1.12. The van der Waals surface area contributed by atoms with Crippen LogP contribution < -0.4 is 5.32 Å². The van der Waals surface area contributed by atoms with Gasteiger partial charge in [-0.25, -0.2) is 0 Å². The number of hydrogen-bond acceptors (Lipinski definition) is 5. The van der Waals surface area contributed by atoms with E-state index in [-0.39, 0.29) is 11.9 Å². The molecular formula is C16H18N4O2S. The molecule has 1 atom stereocenters. The average Bonchev–Trinajstić information content (AvgIpc) is 3.18. The molecule has 1 aliphatic rings. The van der Waals surface area contributed by atoms with Gasteiger partial charge in [0.2, 0.25) is 11.1 Å². The monoisotopic (exact) mass is 330 g/mol. The molecule has 2 aromatic rings. The number of carbonyl (C=O) groups is 1. The summed E-state index contributed by atoms with van der Waals surface area (Å²) in [7, 11) is 0. The van der Waals surface area contributed by atoms with E-state index < -0.39 is 4.75 Å². The smallest absolute Gasteiger partial charge is 0.236 e. The first-order valence-electron chi connectivity index (χ1n) is 7.34. The first kappa shape index (κ1) is 15.6. The fraction of sp³-hybridized carbons (Fsp3) is 0.312. The number of thioether (sulfide) groups is 1. The molecule has 7 heteroatoms. The van der Waals surface area contributed by atoms with Crippen LogP contribution in [-0.4, -0.2) is 31.9 Å². The van der Waals surface area contributed by atoms with Crippen molar-refractivity contribution in [3.8, 4) is 11.6 Å². The number of hydrogen-bond donors (Lipinski definition) is 2. The number of nitrogens with one attached hydrogen (secondary N) is 2. The molecule has 0 saturated carbocycles. The molecular weight excluding hydrogens is 312 g/mol. The van der Waals surface area contributed by atoms with Gasteiger partial charge in [-0.05, 0) is 32.4 Å². The van der Waals surface area contributed by atoms with Gasteiger partial charge in [-0.1, -0.05) is 36.1 Å². The third-order valence-corrected chi connectivity index (χ3v) is 4.47. The van der Waals surface area contributed by atoms with E-state index in [2.05, 4.69) is 20.5 Å². The van der Waals surface area contributed by atoms with Gasteiger partial charge in [0.15, 0.2) is 11.6 Å². The summed E-state index contributed by atoms with van der Waals surface area (Å²) in [5, 5.41) is 10.5. The molecule has 0 saturated heterocycles. The molecule has 6 nitrogen and oxygen atoms in total. The van der Waals surface area contributed by atoms with E-state index in [1.807, 2.05) is 38.2 Å². The second-order valence-electron chi connectivity index (χ2n) is 5.68. The van der Waals surface area contributed by atoms with Gasteiger partial charge in [0, 0.05) is 0 Å². The van der Waals surface area contributed by atoms with Crippen molar-refractivity contribution in [1.82, 2.24) is 20.5 Å². The molecule has 0 radical (unpaired) electrons. The van der Waals surface area contributed by atoms with Gasteiger partial charge in [0.1, 0.15) is 0 Å². The summed E-state index contributed by atoms with van der Waals surface area (Å²) < 4.78 is 4.59. The number of rotatable bonds is 5. The average molecular weight is 330 g/mol. The number of carbonyl (C=O) groups excluding carboxylic acids is 1. The molecule has 2 aromatic heterocycles. The SMILES string of the molecule is CC(C)(Sc1n[nH]c(-c2ccco2)n1)C(=O)NC1C=CC=CC1. The minimum absolute atomic E-state index is 0.0400. The van der Waals surface area contributed by atoms with Crippen molar-refractivity contribution in [2.45, 2.75) is 36.2 Å². The molecule has 0 fully saturated rings. The summed E-state index contributed by atoms with van der Waals surface area (Å²) >= 11 is 1.31. The van der Waals surface area contributed by atoms with Gasteiger partial charge in [0.25, 0.3) is 0 Å². The summed E-state index contributed by atoms with van der Waals surface area (Å²) in [5.41, 5.74) is 0. The molecule has 0 spiro atoms. The van der Waals surface area contributed by atoms with Crippen LogP contribution >= 0.6 is 11.8 Å². The highest BCUT2D eigenvalue weighted by atomic mass is 32.2. The Morgan fingerprint density at radius 1 is 1.48 bits per heavy atom. The molecule has 0 bridgehead atoms. The number of allylic oxidation sites excluding steroid dienone is 2. The lowest BCUT2D eigenvalue weighted by Crippen LogP contribution is -2.44. The molecule has 2 heterocycles. The Bertz CT molecular complexity index is 731. The van der Waals surface area contributed by atoms with E-state index in [0.29, 0.717) is 16.7 Å². The lowest BCUT2D eigenvalue weighted by atomic mass is 10.1. The first-order chi connectivity index (χ1) is 11.0. The summed E-state index contributed by atoms with van der Waals surface area (Å²) in [4.78, 5) is 16.9. The molecule has 23 heavy (non-hydrogen) atoms. The lowest BCUT2D eigenvalue weighted by Gasteiger charge is -2.24. The summed E-state index contributed by atoms with van der Waals surface area (Å²) in [6, 6.07) is 3.63. The molecule has 0 aromatic carbocycles. The van der Waals surface area contributed by atoms with Gasteiger partial charge in [-0.15, -0.1) is 5.10 Å². The normalized spacial score (nSPS) is 17.4. The van der Waals surface area contributed by atoms with E-state index in [1.165, 1.54) is 11.8 Å². The van der Waals surface area contributed by atoms with Crippen molar-refractivity contribution in [2.75, 3.05) is 0 Å². The van der Waals surface area contributed by atoms with Crippen molar-refractivity contribution < 1.29 is 9.21 Å². The molecule has 2 N–H and O–H groups in total. The minimum atomic E-state index is -0.683. The van der Waals surface area contributed by atoms with Crippen LogP contribution in [0, 0.1) is 0 Å². The summed E-state index contributed by atoms with van der Waals surface area (Å²) in [6.07, 6.45) is 10.3. The fourth-order valence-corrected chi connectivity index (χ4v) is 2.96. The molecule has 1 amide bonds. The Hall–Kier alpha value is -2.28. The highest BCUT2D eigenvalue weighted by Crippen LogP contribution is 2.31. The highest BCUT2D eigenvalue weighted by Gasteiger charge is 2.32. The first-order valence-corrected chi connectivity index (χ1v) is 8.16. The zero-order chi connectivity index (χ0) is 16.3. The Morgan fingerprint density at radius 3 is 3.04 bits per heavy atom. The topological polar surface area (TPSA) is 83.8 Å². The quantitative estimate of drug-likeness (QED) is 0.824. The predicted octanol–water partition coefficient (Wildman–Crippen LogP) is 2.94. The number of furan rings is 1. The maximum Gasteiger partial charge on any atom is 0.236 e. The molecule has 0 aliphatic heterocycles. The molecule has 3 rings (SSSR count). The lowest BCUT2D eigenvalue weighted by molar-refractivity contribution is -0.123. The van der Waals surface area contributed by atoms with Gasteiger partial charge in [0.05, 0.1) is 17.1 Å². The molecule has 1 unspecified atom stereocenters. The number of aromatic nitrogens is 3. The van der Waals surface area contributed by atoms with Crippen molar-refractivity contribution in [2.24, 2.45) is 0 Å². The number of aromatic amines is 1. The third-order valence-electron chi connectivity index (χ3n) is 3.41. The molecule has 1 aliphatic carbocycles. The van der Waals surface area contributed by atoms with Crippen LogP contribution in [0.25, 0.3) is 11.6 Å². The van der Waals surface area contributed by atoms with Crippen molar-refractivity contribution >= 4 is 17.7 Å². The fourth-order valence-electron chi connectivity index (χ4n) is 2.12. The second kappa shape index (κ2) is 6.45. The Balaban J connectivity index is 1.64. The van der Waals surface area contributed by atoms with Crippen LogP contribution in [0.3, 0.4) is 0 Å². The van der Waals surface area contributed by atoms with Crippen LogP contribution in [0.2, 0.25) is 0 Å². The van der Waals surface area contributed by atoms with Crippen molar-refractivity contribution in [1.29, 1.82) is 0 Å². The Labute approximate surface area is 138 Å². The van der Waals surface area contributed by atoms with E-state index >= 15 is 0 Å². The zero-order valence-corrected chi connectivity index (χ0v) is 13.8. The zero-order valence-electron chi connectivity index (χ0n) is 12.9. The number of nitrogens with zero attached hydrogens (tertiary/aromatic N) is 2. The maximum atomic E-state index is 12.5.